The third kappa shape index (κ3) is 9.89. The van der Waals surface area contributed by atoms with Crippen LogP contribution < -0.4 is 0 Å². The second-order valence-corrected chi connectivity index (χ2v) is 8.44. The van der Waals surface area contributed by atoms with E-state index >= 15 is 0 Å². The average molecular weight is 441 g/mol. The zero-order valence-corrected chi connectivity index (χ0v) is 20.1. The summed E-state index contributed by atoms with van der Waals surface area (Å²) in [5.74, 6) is 0.151. The molecular formula is C21H36N4O2S2. The van der Waals surface area contributed by atoms with Crippen LogP contribution >= 0.6 is 23.5 Å². The summed E-state index contributed by atoms with van der Waals surface area (Å²) in [5, 5.41) is 7.05. The molecular weight excluding hydrogens is 404 g/mol. The number of aromatic nitrogens is 2. The highest BCUT2D eigenvalue weighted by Crippen LogP contribution is 2.38. The summed E-state index contributed by atoms with van der Waals surface area (Å²) in [7, 11) is 1.88. The molecule has 2 heterocycles. The lowest BCUT2D eigenvalue weighted by Crippen LogP contribution is -2.41. The maximum Gasteiger partial charge on any atom is 0.226 e. The van der Waals surface area contributed by atoms with Crippen molar-refractivity contribution in [2.24, 2.45) is 0 Å². The van der Waals surface area contributed by atoms with Gasteiger partial charge >= 0.3 is 0 Å². The molecule has 1 fully saturated rings. The molecule has 1 aliphatic heterocycles. The van der Waals surface area contributed by atoms with Crippen LogP contribution in [0.1, 0.15) is 39.3 Å². The highest BCUT2D eigenvalue weighted by Gasteiger charge is 2.14. The van der Waals surface area contributed by atoms with E-state index < -0.39 is 0 Å². The van der Waals surface area contributed by atoms with Crippen LogP contribution in [0.4, 0.5) is 0 Å². The van der Waals surface area contributed by atoms with Crippen molar-refractivity contribution in [3.05, 3.63) is 34.3 Å². The Kier molecular flexibility index (Phi) is 13.9. The Morgan fingerprint density at radius 1 is 1.34 bits per heavy atom. The largest absolute Gasteiger partial charge is 0.379 e. The molecule has 0 radical (unpaired) electrons. The molecule has 1 saturated heterocycles. The van der Waals surface area contributed by atoms with Gasteiger partial charge in [0.2, 0.25) is 5.91 Å². The minimum Gasteiger partial charge on any atom is -0.379 e. The topological polar surface area (TPSA) is 61.5 Å². The number of hydrogen-bond donors (Lipinski definition) is 1. The van der Waals surface area contributed by atoms with E-state index in [1.807, 2.05) is 44.2 Å². The van der Waals surface area contributed by atoms with Gasteiger partial charge in [-0.25, -0.2) is 0 Å². The van der Waals surface area contributed by atoms with Crippen molar-refractivity contribution in [2.75, 3.05) is 52.7 Å². The number of hydrogen-bond acceptors (Lipinski definition) is 6. The first kappa shape index (κ1) is 25.8. The molecule has 0 atom stereocenters. The summed E-state index contributed by atoms with van der Waals surface area (Å²) in [4.78, 5) is 17.8. The number of nitrogens with one attached hydrogen (secondary N) is 1. The molecule has 0 saturated carbocycles. The quantitative estimate of drug-likeness (QED) is 0.585. The van der Waals surface area contributed by atoms with Crippen molar-refractivity contribution in [3.8, 4) is 0 Å². The summed E-state index contributed by atoms with van der Waals surface area (Å²) in [6, 6.07) is 1.97. The normalized spacial score (nSPS) is 15.6. The van der Waals surface area contributed by atoms with Gasteiger partial charge in [-0.1, -0.05) is 44.7 Å². The monoisotopic (exact) mass is 440 g/mol. The minimum atomic E-state index is 0.151. The van der Waals surface area contributed by atoms with Crippen molar-refractivity contribution in [2.45, 2.75) is 33.6 Å². The van der Waals surface area contributed by atoms with Gasteiger partial charge in [-0.2, -0.15) is 5.10 Å². The molecule has 0 bridgehead atoms. The van der Waals surface area contributed by atoms with Crippen LogP contribution in [0.15, 0.2) is 28.7 Å². The number of rotatable bonds is 10. The Morgan fingerprint density at radius 3 is 2.66 bits per heavy atom. The first-order chi connectivity index (χ1) is 14.1. The fraction of sp³-hybridized carbons (Fsp3) is 0.619. The van der Waals surface area contributed by atoms with Gasteiger partial charge in [0.25, 0.3) is 0 Å². The number of likely N-dealkylation sites (N-methyl/N-ethyl adjacent to an activating group) is 1. The van der Waals surface area contributed by atoms with Crippen LogP contribution in [0.5, 0.6) is 0 Å². The van der Waals surface area contributed by atoms with Crippen molar-refractivity contribution in [3.63, 3.8) is 0 Å². The van der Waals surface area contributed by atoms with Crippen molar-refractivity contribution in [1.29, 1.82) is 0 Å². The summed E-state index contributed by atoms with van der Waals surface area (Å²) >= 11 is 3.35. The summed E-state index contributed by atoms with van der Waals surface area (Å²) < 4.78 is 6.49. The maximum atomic E-state index is 12.5. The Labute approximate surface area is 184 Å². The predicted octanol–water partition coefficient (Wildman–Crippen LogP) is 4.31. The number of aromatic amines is 1. The Bertz CT molecular complexity index is 627. The molecule has 0 aromatic carbocycles. The zero-order chi connectivity index (χ0) is 21.5. The lowest BCUT2D eigenvalue weighted by molar-refractivity contribution is -0.129. The molecule has 1 aliphatic rings. The molecule has 1 aromatic heterocycles. The SMILES string of the molecule is CC.CC/C=C(/SC(=CCC(=O)N(C)CCN1CCOCC1)SC)c1ccn[nH]1. The lowest BCUT2D eigenvalue weighted by atomic mass is 10.3. The molecule has 1 aromatic rings. The van der Waals surface area contributed by atoms with Crippen molar-refractivity contribution in [1.82, 2.24) is 20.0 Å². The van der Waals surface area contributed by atoms with Gasteiger partial charge in [-0.3, -0.25) is 14.8 Å². The lowest BCUT2D eigenvalue weighted by Gasteiger charge is -2.28. The highest BCUT2D eigenvalue weighted by atomic mass is 32.2. The van der Waals surface area contributed by atoms with Gasteiger partial charge in [0.1, 0.15) is 0 Å². The molecule has 0 aliphatic carbocycles. The van der Waals surface area contributed by atoms with Gasteiger partial charge < -0.3 is 9.64 Å². The fourth-order valence-corrected chi connectivity index (χ4v) is 4.34. The summed E-state index contributed by atoms with van der Waals surface area (Å²) in [5.41, 5.74) is 1.01. The van der Waals surface area contributed by atoms with E-state index in [1.165, 1.54) is 0 Å². The number of carbonyl (C=O) groups excluding carboxylic acids is 1. The number of allylic oxidation sites excluding steroid dienone is 1. The molecule has 0 spiro atoms. The van der Waals surface area contributed by atoms with Crippen molar-refractivity contribution < 1.29 is 9.53 Å². The molecule has 29 heavy (non-hydrogen) atoms. The van der Waals surface area contributed by atoms with Crippen LogP contribution in [-0.4, -0.2) is 78.6 Å². The van der Waals surface area contributed by atoms with E-state index in [2.05, 4.69) is 28.1 Å². The summed E-state index contributed by atoms with van der Waals surface area (Å²) in [6.07, 6.45) is 9.38. The fourth-order valence-electron chi connectivity index (χ4n) is 2.63. The smallest absolute Gasteiger partial charge is 0.226 e. The van der Waals surface area contributed by atoms with E-state index in [0.29, 0.717) is 6.42 Å². The average Bonchev–Trinajstić information content (AvgIpc) is 3.31. The number of ether oxygens (including phenoxy) is 1. The van der Waals surface area contributed by atoms with Crippen LogP contribution in [0.3, 0.4) is 0 Å². The molecule has 164 valence electrons. The molecule has 1 amide bonds. The third-order valence-corrected chi connectivity index (χ3v) is 6.59. The van der Waals surface area contributed by atoms with E-state index in [-0.39, 0.29) is 5.91 Å². The van der Waals surface area contributed by atoms with Crippen LogP contribution in [0.2, 0.25) is 0 Å². The predicted molar refractivity (Wildman–Crippen MR) is 127 cm³/mol. The molecule has 6 nitrogen and oxygen atoms in total. The number of nitrogens with zero attached hydrogens (tertiary/aromatic N) is 3. The standard InChI is InChI=1S/C19H30N4O2S2.C2H6/c1-4-5-17(16-8-9-20-21-16)27-19(26-3)7-6-18(24)22(2)10-11-23-12-14-25-15-13-23;1-2/h5,7-9H,4,6,10-15H2,1-3H3,(H,20,21);1-2H3/b17-5+,19-7?;. The van der Waals surface area contributed by atoms with Gasteiger partial charge in [0, 0.05) is 55.0 Å². The van der Waals surface area contributed by atoms with Crippen molar-refractivity contribution >= 4 is 34.3 Å². The van der Waals surface area contributed by atoms with Gasteiger partial charge in [0.05, 0.1) is 18.9 Å². The highest BCUT2D eigenvalue weighted by molar-refractivity contribution is 8.26. The maximum absolute atomic E-state index is 12.5. The Balaban J connectivity index is 0.00000204. The number of carbonyl (C=O) groups is 1. The number of morpholine rings is 1. The van der Waals surface area contributed by atoms with Gasteiger partial charge in [0.15, 0.2) is 0 Å². The molecule has 0 unspecified atom stereocenters. The first-order valence-corrected chi connectivity index (χ1v) is 12.3. The number of thioether (sulfide) groups is 2. The number of H-pyrrole nitrogens is 1. The van der Waals surface area contributed by atoms with E-state index in [9.17, 15) is 4.79 Å². The molecule has 1 N–H and O–H groups in total. The third-order valence-electron chi connectivity index (χ3n) is 4.29. The second-order valence-electron chi connectivity index (χ2n) is 6.25. The second kappa shape index (κ2) is 15.6. The molecule has 2 rings (SSSR count). The van der Waals surface area contributed by atoms with Crippen LogP contribution in [0, 0.1) is 0 Å². The zero-order valence-electron chi connectivity index (χ0n) is 18.4. The van der Waals surface area contributed by atoms with E-state index in [0.717, 1.165) is 60.6 Å². The first-order valence-electron chi connectivity index (χ1n) is 10.3. The summed E-state index contributed by atoms with van der Waals surface area (Å²) in [6.45, 7) is 11.3. The van der Waals surface area contributed by atoms with Crippen LogP contribution in [0.25, 0.3) is 4.91 Å². The molecule has 8 heteroatoms. The van der Waals surface area contributed by atoms with Gasteiger partial charge in [-0.15, -0.1) is 11.8 Å². The Hall–Kier alpha value is -1.22. The van der Waals surface area contributed by atoms with Gasteiger partial charge in [-0.05, 0) is 18.7 Å². The minimum absolute atomic E-state index is 0.151. The van der Waals surface area contributed by atoms with Crippen LogP contribution in [-0.2, 0) is 9.53 Å². The Morgan fingerprint density at radius 2 is 2.07 bits per heavy atom. The van der Waals surface area contributed by atoms with E-state index in [1.54, 1.807) is 29.7 Å². The van der Waals surface area contributed by atoms with E-state index in [4.69, 9.17) is 4.74 Å². The number of amides is 1.